The molecule has 1 aliphatic heterocycles. The fraction of sp³-hybridized carbons (Fsp3) is 0.333. The molecule has 2 aromatic carbocycles. The predicted octanol–water partition coefficient (Wildman–Crippen LogP) is 2.76. The maximum atomic E-state index is 13.2. The molecule has 4 amide bonds. The van der Waals surface area contributed by atoms with Crippen LogP contribution in [0.1, 0.15) is 53.0 Å². The van der Waals surface area contributed by atoms with E-state index < -0.39 is 6.04 Å². The van der Waals surface area contributed by atoms with Gasteiger partial charge in [0.15, 0.2) is 0 Å². The van der Waals surface area contributed by atoms with E-state index in [2.05, 4.69) is 5.32 Å². The van der Waals surface area contributed by atoms with Gasteiger partial charge in [-0.15, -0.1) is 0 Å². The molecule has 0 spiro atoms. The van der Waals surface area contributed by atoms with Crippen molar-refractivity contribution < 1.29 is 23.6 Å². The normalized spacial score (nSPS) is 13.7. The Kier molecular flexibility index (Phi) is 7.35. The van der Waals surface area contributed by atoms with Gasteiger partial charge >= 0.3 is 0 Å². The van der Waals surface area contributed by atoms with Gasteiger partial charge in [0.1, 0.15) is 11.9 Å². The number of carbonyl (C=O) groups is 4. The highest BCUT2D eigenvalue weighted by atomic mass is 19.1. The Labute approximate surface area is 186 Å². The van der Waals surface area contributed by atoms with Crippen molar-refractivity contribution in [2.24, 2.45) is 0 Å². The van der Waals surface area contributed by atoms with E-state index in [1.165, 1.54) is 17.0 Å². The molecule has 1 aliphatic rings. The van der Waals surface area contributed by atoms with Gasteiger partial charge in [0.25, 0.3) is 11.8 Å². The van der Waals surface area contributed by atoms with Crippen LogP contribution in [0.2, 0.25) is 0 Å². The van der Waals surface area contributed by atoms with Crippen LogP contribution in [-0.4, -0.2) is 52.6 Å². The summed E-state index contributed by atoms with van der Waals surface area (Å²) in [5, 5.41) is 2.71. The summed E-state index contributed by atoms with van der Waals surface area (Å²) in [5.41, 5.74) is 1.43. The van der Waals surface area contributed by atoms with Gasteiger partial charge in [0.05, 0.1) is 11.1 Å². The predicted molar refractivity (Wildman–Crippen MR) is 116 cm³/mol. The largest absolute Gasteiger partial charge is 0.355 e. The van der Waals surface area contributed by atoms with Crippen molar-refractivity contribution in [3.05, 3.63) is 71.0 Å². The van der Waals surface area contributed by atoms with E-state index in [9.17, 15) is 23.6 Å². The van der Waals surface area contributed by atoms with Crippen LogP contribution < -0.4 is 5.32 Å². The Morgan fingerprint density at radius 3 is 2.19 bits per heavy atom. The van der Waals surface area contributed by atoms with Crippen LogP contribution in [0, 0.1) is 5.82 Å². The first kappa shape index (κ1) is 23.1. The fourth-order valence-corrected chi connectivity index (χ4v) is 3.67. The summed E-state index contributed by atoms with van der Waals surface area (Å²) in [6, 6.07) is 11.6. The molecule has 7 nitrogen and oxygen atoms in total. The van der Waals surface area contributed by atoms with Gasteiger partial charge in [-0.05, 0) is 50.1 Å². The summed E-state index contributed by atoms with van der Waals surface area (Å²) in [4.78, 5) is 52.9. The minimum Gasteiger partial charge on any atom is -0.355 e. The van der Waals surface area contributed by atoms with E-state index in [0.717, 1.165) is 4.90 Å². The standard InChI is InChI=1S/C24H26FN3O4/c1-3-26-22(30)16(2)28(15-17-10-12-18(25)13-11-17)21(29)9-6-14-27-23(31)19-7-4-5-8-20(19)24(27)32/h4-5,7-8,10-13,16H,3,6,9,14-15H2,1-2H3,(H,26,30). The number of nitrogens with zero attached hydrogens (tertiary/aromatic N) is 2. The first-order valence-electron chi connectivity index (χ1n) is 10.6. The van der Waals surface area contributed by atoms with Crippen LogP contribution in [0.25, 0.3) is 0 Å². The minimum atomic E-state index is -0.730. The van der Waals surface area contributed by atoms with Crippen LogP contribution in [0.15, 0.2) is 48.5 Å². The third kappa shape index (κ3) is 5.01. The Morgan fingerprint density at radius 2 is 1.62 bits per heavy atom. The van der Waals surface area contributed by atoms with Crippen LogP contribution in [0.5, 0.6) is 0 Å². The second-order valence-electron chi connectivity index (χ2n) is 7.63. The molecule has 0 aliphatic carbocycles. The molecule has 0 fully saturated rings. The molecular formula is C24H26FN3O4. The summed E-state index contributed by atoms with van der Waals surface area (Å²) >= 11 is 0. The Hall–Kier alpha value is -3.55. The van der Waals surface area contributed by atoms with E-state index in [0.29, 0.717) is 23.2 Å². The Morgan fingerprint density at radius 1 is 1.03 bits per heavy atom. The SMILES string of the molecule is CCNC(=O)C(C)N(Cc1ccc(F)cc1)C(=O)CCCN1C(=O)c2ccccc2C1=O. The third-order valence-electron chi connectivity index (χ3n) is 5.44. The maximum absolute atomic E-state index is 13.2. The average molecular weight is 439 g/mol. The summed E-state index contributed by atoms with van der Waals surface area (Å²) < 4.78 is 13.2. The molecule has 0 radical (unpaired) electrons. The second kappa shape index (κ2) is 10.2. The molecular weight excluding hydrogens is 413 g/mol. The number of imide groups is 1. The summed E-state index contributed by atoms with van der Waals surface area (Å²) in [5.74, 6) is -1.69. The fourth-order valence-electron chi connectivity index (χ4n) is 3.67. The quantitative estimate of drug-likeness (QED) is 0.609. The summed E-state index contributed by atoms with van der Waals surface area (Å²) in [6.07, 6.45) is 0.324. The minimum absolute atomic E-state index is 0.0539. The topological polar surface area (TPSA) is 86.8 Å². The Balaban J connectivity index is 1.65. The average Bonchev–Trinajstić information content (AvgIpc) is 3.03. The van der Waals surface area contributed by atoms with Gasteiger partial charge < -0.3 is 10.2 Å². The zero-order chi connectivity index (χ0) is 23.3. The smallest absolute Gasteiger partial charge is 0.261 e. The highest BCUT2D eigenvalue weighted by Crippen LogP contribution is 2.23. The van der Waals surface area contributed by atoms with Crippen LogP contribution in [0.4, 0.5) is 4.39 Å². The number of benzene rings is 2. The van der Waals surface area contributed by atoms with Crippen LogP contribution in [0.3, 0.4) is 0 Å². The zero-order valence-corrected chi connectivity index (χ0v) is 18.1. The molecule has 1 unspecified atom stereocenters. The van der Waals surface area contributed by atoms with Crippen molar-refractivity contribution >= 4 is 23.6 Å². The maximum Gasteiger partial charge on any atom is 0.261 e. The highest BCUT2D eigenvalue weighted by Gasteiger charge is 2.35. The number of likely N-dealkylation sites (N-methyl/N-ethyl adjacent to an activating group) is 1. The van der Waals surface area contributed by atoms with Crippen LogP contribution >= 0.6 is 0 Å². The lowest BCUT2D eigenvalue weighted by Gasteiger charge is -2.29. The van der Waals surface area contributed by atoms with Crippen molar-refractivity contribution in [1.29, 1.82) is 0 Å². The monoisotopic (exact) mass is 439 g/mol. The number of rotatable bonds is 9. The molecule has 1 atom stereocenters. The van der Waals surface area contributed by atoms with Crippen molar-refractivity contribution in [2.45, 2.75) is 39.3 Å². The number of hydrogen-bond acceptors (Lipinski definition) is 4. The van der Waals surface area contributed by atoms with Gasteiger partial charge in [-0.2, -0.15) is 0 Å². The third-order valence-corrected chi connectivity index (χ3v) is 5.44. The first-order chi connectivity index (χ1) is 15.3. The number of fused-ring (bicyclic) bond motifs is 1. The molecule has 0 saturated heterocycles. The van der Waals surface area contributed by atoms with Crippen molar-refractivity contribution in [1.82, 2.24) is 15.1 Å². The molecule has 0 saturated carbocycles. The van der Waals surface area contributed by atoms with E-state index in [-0.39, 0.29) is 55.4 Å². The van der Waals surface area contributed by atoms with Gasteiger partial charge in [-0.3, -0.25) is 24.1 Å². The Bertz CT molecular complexity index is 987. The number of nitrogens with one attached hydrogen (secondary N) is 1. The summed E-state index contributed by atoms with van der Waals surface area (Å²) in [7, 11) is 0. The van der Waals surface area contributed by atoms with Crippen molar-refractivity contribution in [2.75, 3.05) is 13.1 Å². The molecule has 1 N–H and O–H groups in total. The lowest BCUT2D eigenvalue weighted by atomic mass is 10.1. The molecule has 168 valence electrons. The van der Waals surface area contributed by atoms with E-state index in [1.54, 1.807) is 50.2 Å². The molecule has 2 aromatic rings. The van der Waals surface area contributed by atoms with E-state index >= 15 is 0 Å². The lowest BCUT2D eigenvalue weighted by Crippen LogP contribution is -2.47. The summed E-state index contributed by atoms with van der Waals surface area (Å²) in [6.45, 7) is 4.11. The number of hydrogen-bond donors (Lipinski definition) is 1. The van der Waals surface area contributed by atoms with Crippen molar-refractivity contribution in [3.8, 4) is 0 Å². The van der Waals surface area contributed by atoms with Gasteiger partial charge in [-0.1, -0.05) is 24.3 Å². The number of carbonyl (C=O) groups excluding carboxylic acids is 4. The van der Waals surface area contributed by atoms with E-state index in [4.69, 9.17) is 0 Å². The lowest BCUT2D eigenvalue weighted by molar-refractivity contribution is -0.140. The molecule has 0 bridgehead atoms. The second-order valence-corrected chi connectivity index (χ2v) is 7.63. The number of halogens is 1. The van der Waals surface area contributed by atoms with Gasteiger partial charge in [0, 0.05) is 26.1 Å². The highest BCUT2D eigenvalue weighted by molar-refractivity contribution is 6.21. The van der Waals surface area contributed by atoms with Crippen molar-refractivity contribution in [3.63, 3.8) is 0 Å². The van der Waals surface area contributed by atoms with Crippen LogP contribution in [-0.2, 0) is 16.1 Å². The van der Waals surface area contributed by atoms with E-state index in [1.807, 2.05) is 0 Å². The molecule has 1 heterocycles. The number of amides is 4. The zero-order valence-electron chi connectivity index (χ0n) is 18.1. The van der Waals surface area contributed by atoms with Gasteiger partial charge in [-0.25, -0.2) is 4.39 Å². The molecule has 32 heavy (non-hydrogen) atoms. The molecule has 0 aromatic heterocycles. The first-order valence-corrected chi connectivity index (χ1v) is 10.6. The molecule has 8 heteroatoms. The molecule has 3 rings (SSSR count). The van der Waals surface area contributed by atoms with Gasteiger partial charge in [0.2, 0.25) is 11.8 Å².